The van der Waals surface area contributed by atoms with Crippen molar-refractivity contribution in [2.75, 3.05) is 33.2 Å². The molecule has 2 aliphatic heterocycles. The minimum absolute atomic E-state index is 0.279. The molecular formula is C12H22N2O. The standard InChI is InChI=1S/C12H22N2O/c1-13-7-5-6-11(10-13)12(15)14-8-3-2-4-9-14/h11H,2-10H2,1H3/t11-/m1/s1. The van der Waals surface area contributed by atoms with E-state index >= 15 is 0 Å². The number of hydrogen-bond donors (Lipinski definition) is 0. The minimum atomic E-state index is 0.279. The van der Waals surface area contributed by atoms with Crippen molar-refractivity contribution in [1.82, 2.24) is 9.80 Å². The summed E-state index contributed by atoms with van der Waals surface area (Å²) in [6.45, 7) is 4.12. The fraction of sp³-hybridized carbons (Fsp3) is 0.917. The maximum atomic E-state index is 12.2. The van der Waals surface area contributed by atoms with Gasteiger partial charge >= 0.3 is 0 Å². The summed E-state index contributed by atoms with van der Waals surface area (Å²) < 4.78 is 0. The molecule has 0 saturated carbocycles. The summed E-state index contributed by atoms with van der Waals surface area (Å²) in [7, 11) is 2.12. The van der Waals surface area contributed by atoms with Gasteiger partial charge in [0.05, 0.1) is 5.92 Å². The van der Waals surface area contributed by atoms with Gasteiger partial charge in [0.2, 0.25) is 5.91 Å². The second kappa shape index (κ2) is 4.97. The molecule has 0 bridgehead atoms. The first-order chi connectivity index (χ1) is 7.27. The lowest BCUT2D eigenvalue weighted by Gasteiger charge is -2.34. The van der Waals surface area contributed by atoms with Crippen LogP contribution in [0.1, 0.15) is 32.1 Å². The van der Waals surface area contributed by atoms with Crippen molar-refractivity contribution in [3.8, 4) is 0 Å². The van der Waals surface area contributed by atoms with E-state index in [0.29, 0.717) is 5.91 Å². The summed E-state index contributed by atoms with van der Waals surface area (Å²) in [5.74, 6) is 0.697. The van der Waals surface area contributed by atoms with Crippen LogP contribution in [0.15, 0.2) is 0 Å². The van der Waals surface area contributed by atoms with Crippen LogP contribution in [0.2, 0.25) is 0 Å². The first-order valence-corrected chi connectivity index (χ1v) is 6.25. The lowest BCUT2D eigenvalue weighted by Crippen LogP contribution is -2.45. The SMILES string of the molecule is CN1CCC[C@@H](C(=O)N2CCCCC2)C1. The first-order valence-electron chi connectivity index (χ1n) is 6.25. The monoisotopic (exact) mass is 210 g/mol. The van der Waals surface area contributed by atoms with Gasteiger partial charge in [0.25, 0.3) is 0 Å². The molecule has 1 amide bonds. The third-order valence-corrected chi connectivity index (χ3v) is 3.64. The number of rotatable bonds is 1. The molecule has 2 aliphatic rings. The van der Waals surface area contributed by atoms with E-state index in [2.05, 4.69) is 16.8 Å². The fourth-order valence-corrected chi connectivity index (χ4v) is 2.74. The van der Waals surface area contributed by atoms with Crippen molar-refractivity contribution in [3.63, 3.8) is 0 Å². The second-order valence-corrected chi connectivity index (χ2v) is 4.99. The highest BCUT2D eigenvalue weighted by Gasteiger charge is 2.28. The molecule has 0 spiro atoms. The van der Waals surface area contributed by atoms with Crippen LogP contribution >= 0.6 is 0 Å². The van der Waals surface area contributed by atoms with Gasteiger partial charge in [-0.15, -0.1) is 0 Å². The molecule has 0 aromatic carbocycles. The highest BCUT2D eigenvalue weighted by Crippen LogP contribution is 2.20. The lowest BCUT2D eigenvalue weighted by atomic mass is 9.96. The zero-order chi connectivity index (χ0) is 10.7. The molecule has 1 atom stereocenters. The molecule has 3 nitrogen and oxygen atoms in total. The van der Waals surface area contributed by atoms with Gasteiger partial charge in [0, 0.05) is 19.6 Å². The van der Waals surface area contributed by atoms with E-state index in [0.717, 1.165) is 32.6 Å². The maximum Gasteiger partial charge on any atom is 0.226 e. The Labute approximate surface area is 92.4 Å². The largest absolute Gasteiger partial charge is 0.342 e. The molecule has 0 aromatic heterocycles. The summed E-state index contributed by atoms with van der Waals surface area (Å²) in [5, 5.41) is 0. The van der Waals surface area contributed by atoms with Gasteiger partial charge < -0.3 is 9.80 Å². The Morgan fingerprint density at radius 2 is 1.80 bits per heavy atom. The van der Waals surface area contributed by atoms with Crippen LogP contribution in [0.3, 0.4) is 0 Å². The Morgan fingerprint density at radius 1 is 1.07 bits per heavy atom. The zero-order valence-electron chi connectivity index (χ0n) is 9.74. The summed E-state index contributed by atoms with van der Waals surface area (Å²) in [6, 6.07) is 0. The molecule has 0 N–H and O–H groups in total. The maximum absolute atomic E-state index is 12.2. The number of amides is 1. The summed E-state index contributed by atoms with van der Waals surface area (Å²) in [5.41, 5.74) is 0. The molecule has 0 unspecified atom stereocenters. The number of piperidine rings is 2. The van der Waals surface area contributed by atoms with E-state index in [1.165, 1.54) is 25.7 Å². The molecule has 15 heavy (non-hydrogen) atoms. The van der Waals surface area contributed by atoms with E-state index in [-0.39, 0.29) is 5.92 Å². The summed E-state index contributed by atoms with van der Waals surface area (Å²) >= 11 is 0. The van der Waals surface area contributed by atoms with Crippen LogP contribution < -0.4 is 0 Å². The van der Waals surface area contributed by atoms with E-state index in [4.69, 9.17) is 0 Å². The van der Waals surface area contributed by atoms with Crippen molar-refractivity contribution in [1.29, 1.82) is 0 Å². The van der Waals surface area contributed by atoms with Gasteiger partial charge in [-0.3, -0.25) is 4.79 Å². The van der Waals surface area contributed by atoms with Gasteiger partial charge in [-0.25, -0.2) is 0 Å². The number of hydrogen-bond acceptors (Lipinski definition) is 2. The molecule has 2 rings (SSSR count). The highest BCUT2D eigenvalue weighted by molar-refractivity contribution is 5.79. The molecule has 2 fully saturated rings. The molecule has 86 valence electrons. The summed E-state index contributed by atoms with van der Waals surface area (Å²) in [6.07, 6.45) is 5.98. The highest BCUT2D eigenvalue weighted by atomic mass is 16.2. The van der Waals surface area contributed by atoms with Gasteiger partial charge in [-0.1, -0.05) is 0 Å². The number of nitrogens with zero attached hydrogens (tertiary/aromatic N) is 2. The van der Waals surface area contributed by atoms with E-state index in [9.17, 15) is 4.79 Å². The Kier molecular flexibility index (Phi) is 3.62. The quantitative estimate of drug-likeness (QED) is 0.652. The zero-order valence-corrected chi connectivity index (χ0v) is 9.74. The molecule has 0 radical (unpaired) electrons. The number of carbonyl (C=O) groups is 1. The van der Waals surface area contributed by atoms with Crippen molar-refractivity contribution in [3.05, 3.63) is 0 Å². The Balaban J connectivity index is 1.88. The Morgan fingerprint density at radius 3 is 2.47 bits per heavy atom. The van der Waals surface area contributed by atoms with Crippen molar-refractivity contribution < 1.29 is 4.79 Å². The molecule has 0 aliphatic carbocycles. The minimum Gasteiger partial charge on any atom is -0.342 e. The van der Waals surface area contributed by atoms with Crippen LogP contribution in [-0.2, 0) is 4.79 Å². The van der Waals surface area contributed by atoms with Crippen molar-refractivity contribution in [2.24, 2.45) is 5.92 Å². The van der Waals surface area contributed by atoms with E-state index < -0.39 is 0 Å². The first kappa shape index (κ1) is 10.9. The van der Waals surface area contributed by atoms with Crippen molar-refractivity contribution in [2.45, 2.75) is 32.1 Å². The Bertz CT molecular complexity index is 224. The molecule has 0 aromatic rings. The lowest BCUT2D eigenvalue weighted by molar-refractivity contribution is -0.138. The van der Waals surface area contributed by atoms with Gasteiger partial charge in [-0.2, -0.15) is 0 Å². The average Bonchev–Trinajstić information content (AvgIpc) is 2.29. The number of likely N-dealkylation sites (tertiary alicyclic amines) is 2. The normalized spacial score (nSPS) is 29.1. The van der Waals surface area contributed by atoms with E-state index in [1.54, 1.807) is 0 Å². The third kappa shape index (κ3) is 2.71. The summed E-state index contributed by atoms with van der Waals surface area (Å²) in [4.78, 5) is 16.6. The van der Waals surface area contributed by atoms with Crippen LogP contribution in [0.25, 0.3) is 0 Å². The fourth-order valence-electron chi connectivity index (χ4n) is 2.74. The smallest absolute Gasteiger partial charge is 0.226 e. The van der Waals surface area contributed by atoms with Crippen LogP contribution in [0, 0.1) is 5.92 Å². The predicted molar refractivity (Wildman–Crippen MR) is 60.7 cm³/mol. The predicted octanol–water partition coefficient (Wildman–Crippen LogP) is 1.34. The van der Waals surface area contributed by atoms with Crippen LogP contribution in [0.5, 0.6) is 0 Å². The topological polar surface area (TPSA) is 23.6 Å². The Hall–Kier alpha value is -0.570. The molecular weight excluding hydrogens is 188 g/mol. The third-order valence-electron chi connectivity index (χ3n) is 3.64. The molecule has 3 heteroatoms. The van der Waals surface area contributed by atoms with Crippen LogP contribution in [0.4, 0.5) is 0 Å². The van der Waals surface area contributed by atoms with Gasteiger partial charge in [0.1, 0.15) is 0 Å². The average molecular weight is 210 g/mol. The van der Waals surface area contributed by atoms with Crippen LogP contribution in [-0.4, -0.2) is 48.9 Å². The molecule has 2 saturated heterocycles. The van der Waals surface area contributed by atoms with Crippen molar-refractivity contribution >= 4 is 5.91 Å². The van der Waals surface area contributed by atoms with E-state index in [1.807, 2.05) is 0 Å². The second-order valence-electron chi connectivity index (χ2n) is 4.99. The molecule has 2 heterocycles. The van der Waals surface area contributed by atoms with Gasteiger partial charge in [0.15, 0.2) is 0 Å². The number of carbonyl (C=O) groups excluding carboxylic acids is 1. The van der Waals surface area contributed by atoms with Gasteiger partial charge in [-0.05, 0) is 45.7 Å².